The summed E-state index contributed by atoms with van der Waals surface area (Å²) in [5, 5.41) is 3.19. The van der Waals surface area contributed by atoms with Gasteiger partial charge in [-0.05, 0) is 62.0 Å². The number of rotatable bonds is 7. The molecule has 0 fully saturated rings. The molecule has 2 aromatic heterocycles. The molecule has 10 heteroatoms. The normalized spacial score (nSPS) is 10.9. The van der Waals surface area contributed by atoms with E-state index >= 15 is 0 Å². The summed E-state index contributed by atoms with van der Waals surface area (Å²) in [6.07, 6.45) is 0. The number of amides is 1. The highest BCUT2D eigenvalue weighted by atomic mass is 32.2. The number of benzene rings is 2. The molecule has 164 valence electrons. The van der Waals surface area contributed by atoms with Gasteiger partial charge in [0.2, 0.25) is 5.91 Å². The van der Waals surface area contributed by atoms with E-state index in [2.05, 4.69) is 15.3 Å². The first-order valence-corrected chi connectivity index (χ1v) is 12.0. The van der Waals surface area contributed by atoms with Gasteiger partial charge in [0.15, 0.2) is 14.8 Å². The van der Waals surface area contributed by atoms with Crippen molar-refractivity contribution < 1.29 is 9.53 Å². The molecule has 32 heavy (non-hydrogen) atoms. The Morgan fingerprint density at radius 1 is 1.25 bits per heavy atom. The zero-order valence-electron chi connectivity index (χ0n) is 17.4. The highest BCUT2D eigenvalue weighted by Gasteiger charge is 2.15. The van der Waals surface area contributed by atoms with Gasteiger partial charge in [-0.15, -0.1) is 0 Å². The molecule has 0 radical (unpaired) electrons. The Balaban J connectivity index is 1.54. The number of hydrogen-bond acceptors (Lipinski definition) is 7. The van der Waals surface area contributed by atoms with Gasteiger partial charge in [-0.2, -0.15) is 0 Å². The Labute approximate surface area is 197 Å². The van der Waals surface area contributed by atoms with E-state index in [-0.39, 0.29) is 17.2 Å². The monoisotopic (exact) mass is 484 g/mol. The zero-order valence-corrected chi connectivity index (χ0v) is 19.8. The van der Waals surface area contributed by atoms with Crippen molar-refractivity contribution in [3.05, 3.63) is 68.4 Å². The molecule has 0 spiro atoms. The lowest BCUT2D eigenvalue weighted by Gasteiger charge is -2.09. The van der Waals surface area contributed by atoms with Crippen molar-refractivity contribution in [2.75, 3.05) is 17.7 Å². The van der Waals surface area contributed by atoms with Crippen molar-refractivity contribution in [3.63, 3.8) is 0 Å². The number of thiazole rings is 1. The lowest BCUT2D eigenvalue weighted by Crippen LogP contribution is -2.15. The number of aromatic nitrogens is 3. The number of nitrogens with zero attached hydrogens (tertiary/aromatic N) is 2. The fourth-order valence-electron chi connectivity index (χ4n) is 3.12. The number of thioether (sulfide) groups is 1. The Bertz CT molecular complexity index is 1390. The number of aromatic amines is 1. The number of fused-ring (bicyclic) bond motifs is 1. The molecule has 2 aromatic carbocycles. The van der Waals surface area contributed by atoms with Crippen molar-refractivity contribution in [3.8, 4) is 11.4 Å². The first-order chi connectivity index (χ1) is 15.5. The number of para-hydroxylation sites is 1. The molecule has 2 N–H and O–H groups in total. The van der Waals surface area contributed by atoms with Crippen molar-refractivity contribution in [1.29, 1.82) is 0 Å². The maximum atomic E-state index is 12.6. The summed E-state index contributed by atoms with van der Waals surface area (Å²) in [7, 11) is 0. The average Bonchev–Trinajstić information content (AvgIpc) is 3.11. The second-order valence-electron chi connectivity index (χ2n) is 6.81. The summed E-state index contributed by atoms with van der Waals surface area (Å²) in [6.45, 7) is 4.48. The summed E-state index contributed by atoms with van der Waals surface area (Å²) in [5.74, 6) is 0.633. The lowest BCUT2D eigenvalue weighted by atomic mass is 10.2. The molecule has 1 amide bonds. The van der Waals surface area contributed by atoms with E-state index in [1.807, 2.05) is 42.7 Å². The predicted molar refractivity (Wildman–Crippen MR) is 132 cm³/mol. The van der Waals surface area contributed by atoms with Crippen LogP contribution >= 0.6 is 35.3 Å². The highest BCUT2D eigenvalue weighted by molar-refractivity contribution is 7.99. The molecule has 4 rings (SSSR count). The van der Waals surface area contributed by atoms with Crippen LogP contribution in [0.25, 0.3) is 16.0 Å². The van der Waals surface area contributed by atoms with Crippen molar-refractivity contribution >= 4 is 57.3 Å². The zero-order chi connectivity index (χ0) is 22.7. The molecular formula is C22H20N4O3S3. The minimum atomic E-state index is -0.271. The van der Waals surface area contributed by atoms with Gasteiger partial charge in [-0.25, -0.2) is 4.98 Å². The van der Waals surface area contributed by atoms with Gasteiger partial charge in [0.05, 0.1) is 18.0 Å². The topological polar surface area (TPSA) is 89.0 Å². The third-order valence-corrected chi connectivity index (χ3v) is 6.80. The minimum Gasteiger partial charge on any atom is -0.494 e. The van der Waals surface area contributed by atoms with Crippen LogP contribution in [0.3, 0.4) is 0 Å². The molecular weight excluding hydrogens is 464 g/mol. The summed E-state index contributed by atoms with van der Waals surface area (Å²) in [6, 6.07) is 14.9. The Hall–Kier alpha value is -2.95. The number of nitrogens with one attached hydrogen (secondary N) is 2. The smallest absolute Gasteiger partial charge is 0.271 e. The molecule has 0 aliphatic carbocycles. The van der Waals surface area contributed by atoms with Crippen LogP contribution in [0, 0.1) is 10.9 Å². The fourth-order valence-corrected chi connectivity index (χ4v) is 5.03. The molecule has 0 bridgehead atoms. The molecule has 7 nitrogen and oxygen atoms in total. The van der Waals surface area contributed by atoms with E-state index in [9.17, 15) is 9.59 Å². The number of carbonyl (C=O) groups is 1. The van der Waals surface area contributed by atoms with Crippen LogP contribution in [-0.2, 0) is 4.79 Å². The predicted octanol–water partition coefficient (Wildman–Crippen LogP) is 4.94. The summed E-state index contributed by atoms with van der Waals surface area (Å²) in [4.78, 5) is 32.4. The van der Waals surface area contributed by atoms with Crippen LogP contribution in [-0.4, -0.2) is 32.8 Å². The van der Waals surface area contributed by atoms with Gasteiger partial charge < -0.3 is 15.0 Å². The van der Waals surface area contributed by atoms with Gasteiger partial charge in [-0.3, -0.25) is 14.2 Å². The maximum absolute atomic E-state index is 12.6. The van der Waals surface area contributed by atoms with Crippen LogP contribution in [0.2, 0.25) is 0 Å². The number of anilines is 1. The third kappa shape index (κ3) is 4.77. The van der Waals surface area contributed by atoms with E-state index in [1.165, 1.54) is 11.3 Å². The SMILES string of the molecule is CCOc1ccc(NC(=O)CSc2nc3c(sc(=S)n3-c3ccccc3C)c(=O)[nH]2)cc1. The largest absolute Gasteiger partial charge is 0.494 e. The minimum absolute atomic E-state index is 0.0941. The van der Waals surface area contributed by atoms with Gasteiger partial charge in [0.1, 0.15) is 10.4 Å². The van der Waals surface area contributed by atoms with Crippen LogP contribution in [0.1, 0.15) is 12.5 Å². The van der Waals surface area contributed by atoms with E-state index in [4.69, 9.17) is 17.0 Å². The highest BCUT2D eigenvalue weighted by Crippen LogP contribution is 2.26. The lowest BCUT2D eigenvalue weighted by molar-refractivity contribution is -0.113. The van der Waals surface area contributed by atoms with E-state index < -0.39 is 0 Å². The summed E-state index contributed by atoms with van der Waals surface area (Å²) >= 11 is 7.89. The van der Waals surface area contributed by atoms with Crippen molar-refractivity contribution in [1.82, 2.24) is 14.5 Å². The quantitative estimate of drug-likeness (QED) is 0.219. The molecule has 0 aliphatic heterocycles. The molecule has 0 saturated heterocycles. The Kier molecular flexibility index (Phi) is 6.73. The first kappa shape index (κ1) is 22.3. The molecule has 4 aromatic rings. The van der Waals surface area contributed by atoms with Crippen LogP contribution in [0.4, 0.5) is 5.69 Å². The summed E-state index contributed by atoms with van der Waals surface area (Å²) < 4.78 is 8.21. The second kappa shape index (κ2) is 9.68. The number of hydrogen-bond donors (Lipinski definition) is 2. The number of ether oxygens (including phenoxy) is 1. The van der Waals surface area contributed by atoms with Gasteiger partial charge in [0, 0.05) is 5.69 Å². The number of H-pyrrole nitrogens is 1. The molecule has 0 unspecified atom stereocenters. The number of aryl methyl sites for hydroxylation is 1. The second-order valence-corrected chi connectivity index (χ2v) is 9.42. The summed E-state index contributed by atoms with van der Waals surface area (Å²) in [5.41, 5.74) is 2.79. The maximum Gasteiger partial charge on any atom is 0.271 e. The first-order valence-electron chi connectivity index (χ1n) is 9.83. The van der Waals surface area contributed by atoms with E-state index in [0.29, 0.717) is 31.8 Å². The van der Waals surface area contributed by atoms with E-state index in [0.717, 1.165) is 28.8 Å². The molecule has 0 aliphatic rings. The Morgan fingerprint density at radius 3 is 2.72 bits per heavy atom. The molecule has 2 heterocycles. The van der Waals surface area contributed by atoms with Gasteiger partial charge >= 0.3 is 0 Å². The Morgan fingerprint density at radius 2 is 2.00 bits per heavy atom. The third-order valence-electron chi connectivity index (χ3n) is 4.57. The van der Waals surface area contributed by atoms with Crippen LogP contribution < -0.4 is 15.6 Å². The van der Waals surface area contributed by atoms with Crippen molar-refractivity contribution in [2.45, 2.75) is 19.0 Å². The van der Waals surface area contributed by atoms with Crippen LogP contribution in [0.5, 0.6) is 5.75 Å². The standard InChI is InChI=1S/C22H20N4O3S3/c1-3-29-15-10-8-14(9-11-15)23-17(27)12-31-21-24-19-18(20(28)25-21)32-22(30)26(19)16-7-5-4-6-13(16)2/h4-11H,3,12H2,1-2H3,(H,23,27)(H,24,25,28). The van der Waals surface area contributed by atoms with E-state index in [1.54, 1.807) is 24.3 Å². The molecule has 0 atom stereocenters. The number of carbonyl (C=O) groups excluding carboxylic acids is 1. The fraction of sp³-hybridized carbons (Fsp3) is 0.182. The molecule has 0 saturated carbocycles. The van der Waals surface area contributed by atoms with Gasteiger partial charge in [0.25, 0.3) is 5.56 Å². The van der Waals surface area contributed by atoms with Gasteiger partial charge in [-0.1, -0.05) is 41.3 Å². The average molecular weight is 485 g/mol. The van der Waals surface area contributed by atoms with Crippen LogP contribution in [0.15, 0.2) is 58.5 Å². The van der Waals surface area contributed by atoms with Crippen molar-refractivity contribution in [2.24, 2.45) is 0 Å².